The van der Waals surface area contributed by atoms with E-state index in [1.807, 2.05) is 0 Å². The van der Waals surface area contributed by atoms with E-state index in [0.29, 0.717) is 5.92 Å². The SMILES string of the molecule is Cc1cc(C)cc(C(C=O)C2CC2)c1. The Kier molecular flexibility index (Phi) is 2.40. The third-order valence-corrected chi connectivity index (χ3v) is 2.91. The molecule has 1 heteroatoms. The van der Waals surface area contributed by atoms with Crippen molar-refractivity contribution >= 4 is 6.29 Å². The molecular formula is C13H16O. The summed E-state index contributed by atoms with van der Waals surface area (Å²) in [7, 11) is 0. The molecule has 0 N–H and O–H groups in total. The normalized spacial score (nSPS) is 17.9. The zero-order valence-corrected chi connectivity index (χ0v) is 8.79. The molecule has 1 saturated carbocycles. The lowest BCUT2D eigenvalue weighted by Gasteiger charge is -2.11. The first-order valence-corrected chi connectivity index (χ1v) is 5.24. The minimum absolute atomic E-state index is 0.147. The van der Waals surface area contributed by atoms with Gasteiger partial charge in [-0.1, -0.05) is 29.3 Å². The molecule has 0 heterocycles. The molecule has 0 aliphatic heterocycles. The van der Waals surface area contributed by atoms with Gasteiger partial charge in [-0.3, -0.25) is 0 Å². The Morgan fingerprint density at radius 3 is 2.21 bits per heavy atom. The number of rotatable bonds is 3. The van der Waals surface area contributed by atoms with Crippen molar-refractivity contribution in [3.8, 4) is 0 Å². The number of aryl methyl sites for hydroxylation is 2. The van der Waals surface area contributed by atoms with Crippen LogP contribution in [-0.2, 0) is 4.79 Å². The lowest BCUT2D eigenvalue weighted by Crippen LogP contribution is -2.03. The fourth-order valence-corrected chi connectivity index (χ4v) is 2.12. The highest BCUT2D eigenvalue weighted by molar-refractivity contribution is 5.64. The van der Waals surface area contributed by atoms with Gasteiger partial charge in [-0.2, -0.15) is 0 Å². The van der Waals surface area contributed by atoms with E-state index in [2.05, 4.69) is 32.0 Å². The van der Waals surface area contributed by atoms with E-state index >= 15 is 0 Å². The molecule has 1 aliphatic rings. The quantitative estimate of drug-likeness (QED) is 0.666. The molecular weight excluding hydrogens is 172 g/mol. The molecule has 1 aliphatic carbocycles. The second-order valence-corrected chi connectivity index (χ2v) is 4.42. The molecule has 0 amide bonds. The summed E-state index contributed by atoms with van der Waals surface area (Å²) < 4.78 is 0. The molecule has 0 aromatic heterocycles. The highest BCUT2D eigenvalue weighted by Crippen LogP contribution is 2.41. The molecule has 0 bridgehead atoms. The molecule has 1 unspecified atom stereocenters. The summed E-state index contributed by atoms with van der Waals surface area (Å²) in [5, 5.41) is 0. The molecule has 0 saturated heterocycles. The van der Waals surface area contributed by atoms with Crippen LogP contribution in [0.25, 0.3) is 0 Å². The van der Waals surface area contributed by atoms with E-state index < -0.39 is 0 Å². The van der Waals surface area contributed by atoms with E-state index in [9.17, 15) is 4.79 Å². The minimum Gasteiger partial charge on any atom is -0.303 e. The largest absolute Gasteiger partial charge is 0.303 e. The van der Waals surface area contributed by atoms with Crippen molar-refractivity contribution in [3.63, 3.8) is 0 Å². The average molecular weight is 188 g/mol. The Bertz CT molecular complexity index is 330. The van der Waals surface area contributed by atoms with Crippen molar-refractivity contribution in [1.29, 1.82) is 0 Å². The number of carbonyl (C=O) groups is 1. The van der Waals surface area contributed by atoms with Crippen LogP contribution >= 0.6 is 0 Å². The van der Waals surface area contributed by atoms with E-state index in [-0.39, 0.29) is 5.92 Å². The third kappa shape index (κ3) is 1.87. The number of benzene rings is 1. The van der Waals surface area contributed by atoms with Gasteiger partial charge in [0, 0.05) is 5.92 Å². The summed E-state index contributed by atoms with van der Waals surface area (Å²) >= 11 is 0. The fraction of sp³-hybridized carbons (Fsp3) is 0.462. The fourth-order valence-electron chi connectivity index (χ4n) is 2.12. The summed E-state index contributed by atoms with van der Waals surface area (Å²) in [6.07, 6.45) is 3.55. The zero-order valence-electron chi connectivity index (χ0n) is 8.79. The number of carbonyl (C=O) groups excluding carboxylic acids is 1. The molecule has 1 fully saturated rings. The van der Waals surface area contributed by atoms with E-state index in [0.717, 1.165) is 6.29 Å². The third-order valence-electron chi connectivity index (χ3n) is 2.91. The molecule has 1 aromatic carbocycles. The summed E-state index contributed by atoms with van der Waals surface area (Å²) in [6, 6.07) is 6.44. The summed E-state index contributed by atoms with van der Waals surface area (Å²) in [5.41, 5.74) is 3.72. The monoisotopic (exact) mass is 188 g/mol. The van der Waals surface area contributed by atoms with Crippen molar-refractivity contribution < 1.29 is 4.79 Å². The average Bonchev–Trinajstić information content (AvgIpc) is 2.87. The maximum atomic E-state index is 11.0. The van der Waals surface area contributed by atoms with Crippen LogP contribution in [0.5, 0.6) is 0 Å². The number of aldehydes is 1. The Balaban J connectivity index is 2.32. The highest BCUT2D eigenvalue weighted by atomic mass is 16.1. The van der Waals surface area contributed by atoms with Crippen LogP contribution in [-0.4, -0.2) is 6.29 Å². The lowest BCUT2D eigenvalue weighted by molar-refractivity contribution is -0.109. The van der Waals surface area contributed by atoms with Crippen LogP contribution in [0.4, 0.5) is 0 Å². The smallest absolute Gasteiger partial charge is 0.127 e. The number of hydrogen-bond acceptors (Lipinski definition) is 1. The standard InChI is InChI=1S/C13H16O/c1-9-5-10(2)7-12(6-9)13(8-14)11-3-4-11/h5-8,11,13H,3-4H2,1-2H3. The van der Waals surface area contributed by atoms with Gasteiger partial charge in [-0.15, -0.1) is 0 Å². The van der Waals surface area contributed by atoms with Crippen molar-refractivity contribution in [1.82, 2.24) is 0 Å². The Labute approximate surface area is 85.1 Å². The summed E-state index contributed by atoms with van der Waals surface area (Å²) in [5.74, 6) is 0.766. The second kappa shape index (κ2) is 3.56. The van der Waals surface area contributed by atoms with Gasteiger partial charge in [0.05, 0.1) is 0 Å². The van der Waals surface area contributed by atoms with Crippen LogP contribution in [0.3, 0.4) is 0 Å². The van der Waals surface area contributed by atoms with Crippen molar-refractivity contribution in [2.24, 2.45) is 5.92 Å². The molecule has 14 heavy (non-hydrogen) atoms. The predicted molar refractivity (Wildman–Crippen MR) is 57.4 cm³/mol. The van der Waals surface area contributed by atoms with Gasteiger partial charge in [-0.05, 0) is 38.2 Å². The van der Waals surface area contributed by atoms with Crippen LogP contribution in [0.1, 0.15) is 35.4 Å². The van der Waals surface area contributed by atoms with Crippen LogP contribution in [0.2, 0.25) is 0 Å². The first-order valence-electron chi connectivity index (χ1n) is 5.24. The first-order chi connectivity index (χ1) is 6.70. The van der Waals surface area contributed by atoms with Crippen LogP contribution < -0.4 is 0 Å². The van der Waals surface area contributed by atoms with Gasteiger partial charge in [0.2, 0.25) is 0 Å². The molecule has 0 radical (unpaired) electrons. The van der Waals surface area contributed by atoms with Gasteiger partial charge in [0.25, 0.3) is 0 Å². The minimum atomic E-state index is 0.147. The first kappa shape index (κ1) is 9.45. The molecule has 74 valence electrons. The maximum absolute atomic E-state index is 11.0. The van der Waals surface area contributed by atoms with Crippen LogP contribution in [0.15, 0.2) is 18.2 Å². The Morgan fingerprint density at radius 2 is 1.79 bits per heavy atom. The second-order valence-electron chi connectivity index (χ2n) is 4.42. The topological polar surface area (TPSA) is 17.1 Å². The molecule has 1 aromatic rings. The Morgan fingerprint density at radius 1 is 1.21 bits per heavy atom. The van der Waals surface area contributed by atoms with Crippen molar-refractivity contribution in [2.75, 3.05) is 0 Å². The van der Waals surface area contributed by atoms with E-state index in [1.54, 1.807) is 0 Å². The van der Waals surface area contributed by atoms with E-state index in [1.165, 1.54) is 29.5 Å². The molecule has 2 rings (SSSR count). The van der Waals surface area contributed by atoms with Gasteiger partial charge in [-0.25, -0.2) is 0 Å². The summed E-state index contributed by atoms with van der Waals surface area (Å²) in [6.45, 7) is 4.18. The van der Waals surface area contributed by atoms with Crippen LogP contribution in [0, 0.1) is 19.8 Å². The van der Waals surface area contributed by atoms with Gasteiger partial charge in [0.15, 0.2) is 0 Å². The highest BCUT2D eigenvalue weighted by Gasteiger charge is 2.31. The molecule has 0 spiro atoms. The van der Waals surface area contributed by atoms with Crippen molar-refractivity contribution in [2.45, 2.75) is 32.6 Å². The number of hydrogen-bond donors (Lipinski definition) is 0. The molecule has 1 atom stereocenters. The van der Waals surface area contributed by atoms with E-state index in [4.69, 9.17) is 0 Å². The van der Waals surface area contributed by atoms with Gasteiger partial charge < -0.3 is 4.79 Å². The van der Waals surface area contributed by atoms with Gasteiger partial charge >= 0.3 is 0 Å². The predicted octanol–water partition coefficient (Wildman–Crippen LogP) is 3.00. The Hall–Kier alpha value is -1.11. The van der Waals surface area contributed by atoms with Gasteiger partial charge in [0.1, 0.15) is 6.29 Å². The maximum Gasteiger partial charge on any atom is 0.127 e. The summed E-state index contributed by atoms with van der Waals surface area (Å²) in [4.78, 5) is 11.0. The molecule has 1 nitrogen and oxygen atoms in total. The zero-order chi connectivity index (χ0) is 10.1. The van der Waals surface area contributed by atoms with Crippen molar-refractivity contribution in [3.05, 3.63) is 34.9 Å². The lowest BCUT2D eigenvalue weighted by atomic mass is 9.93.